The van der Waals surface area contributed by atoms with Gasteiger partial charge in [0, 0.05) is 24.7 Å². The number of nitro groups is 1. The van der Waals surface area contributed by atoms with Crippen molar-refractivity contribution in [2.24, 2.45) is 7.05 Å². The smallest absolute Gasteiger partial charge is 0.288 e. The van der Waals surface area contributed by atoms with Crippen molar-refractivity contribution in [2.45, 2.75) is 0 Å². The van der Waals surface area contributed by atoms with Crippen LogP contribution in [-0.2, 0) is 7.05 Å². The maximum atomic E-state index is 10.5. The van der Waals surface area contributed by atoms with Crippen LogP contribution < -0.4 is 0 Å². The fourth-order valence-corrected chi connectivity index (χ4v) is 1.44. The average molecular weight is 202 g/mol. The molecule has 0 bridgehead atoms. The Kier molecular flexibility index (Phi) is 1.87. The van der Waals surface area contributed by atoms with Crippen molar-refractivity contribution in [2.75, 3.05) is 0 Å². The van der Waals surface area contributed by atoms with E-state index >= 15 is 0 Å². The molecule has 74 valence electrons. The van der Waals surface area contributed by atoms with Gasteiger partial charge >= 0.3 is 0 Å². The molecule has 0 fully saturated rings. The van der Waals surface area contributed by atoms with Crippen LogP contribution in [0.1, 0.15) is 5.56 Å². The summed E-state index contributed by atoms with van der Waals surface area (Å²) in [5, 5.41) is 19.9. The van der Waals surface area contributed by atoms with Gasteiger partial charge in [-0.25, -0.2) is 4.98 Å². The lowest BCUT2D eigenvalue weighted by Crippen LogP contribution is -1.91. The van der Waals surface area contributed by atoms with Gasteiger partial charge in [0.05, 0.1) is 10.5 Å². The van der Waals surface area contributed by atoms with E-state index in [0.29, 0.717) is 16.6 Å². The van der Waals surface area contributed by atoms with Gasteiger partial charge in [0.25, 0.3) is 5.69 Å². The predicted octanol–water partition coefficient (Wildman–Crippen LogP) is 1.35. The molecule has 0 aromatic carbocycles. The van der Waals surface area contributed by atoms with E-state index in [4.69, 9.17) is 5.26 Å². The highest BCUT2D eigenvalue weighted by Crippen LogP contribution is 2.22. The van der Waals surface area contributed by atoms with Crippen LogP contribution in [0.3, 0.4) is 0 Å². The van der Waals surface area contributed by atoms with E-state index in [9.17, 15) is 10.1 Å². The van der Waals surface area contributed by atoms with E-state index in [2.05, 4.69) is 4.98 Å². The largest absolute Gasteiger partial charge is 0.334 e. The summed E-state index contributed by atoms with van der Waals surface area (Å²) in [6.45, 7) is 0. The zero-order chi connectivity index (χ0) is 11.0. The molecule has 2 heterocycles. The Morgan fingerprint density at radius 3 is 3.00 bits per heavy atom. The van der Waals surface area contributed by atoms with Gasteiger partial charge in [0.15, 0.2) is 0 Å². The molecule has 0 amide bonds. The lowest BCUT2D eigenvalue weighted by molar-refractivity contribution is -0.385. The van der Waals surface area contributed by atoms with Crippen molar-refractivity contribution in [3.63, 3.8) is 0 Å². The van der Waals surface area contributed by atoms with E-state index < -0.39 is 4.92 Å². The standard InChI is InChI=1S/C9H6N4O2/c1-12-5-6(3-10)8-2-7(13(14)15)4-11-9(8)12/h2,4-5H,1H3. The van der Waals surface area contributed by atoms with Gasteiger partial charge in [-0.2, -0.15) is 5.26 Å². The van der Waals surface area contributed by atoms with Crippen molar-refractivity contribution >= 4 is 16.7 Å². The van der Waals surface area contributed by atoms with Gasteiger partial charge in [-0.3, -0.25) is 10.1 Å². The van der Waals surface area contributed by atoms with Crippen LogP contribution in [0, 0.1) is 21.4 Å². The maximum Gasteiger partial charge on any atom is 0.288 e. The Morgan fingerprint density at radius 1 is 1.67 bits per heavy atom. The minimum atomic E-state index is -0.527. The highest BCUT2D eigenvalue weighted by atomic mass is 16.6. The molecule has 0 radical (unpaired) electrons. The molecule has 15 heavy (non-hydrogen) atoms. The summed E-state index contributed by atoms with van der Waals surface area (Å²) in [5.41, 5.74) is 0.853. The SMILES string of the molecule is Cn1cc(C#N)c2cc([N+](=O)[O-])cnc21. The van der Waals surface area contributed by atoms with Crippen LogP contribution in [0.2, 0.25) is 0 Å². The van der Waals surface area contributed by atoms with Crippen molar-refractivity contribution in [1.82, 2.24) is 9.55 Å². The molecule has 2 aromatic rings. The van der Waals surface area contributed by atoms with E-state index in [1.807, 2.05) is 6.07 Å². The molecule has 0 atom stereocenters. The monoisotopic (exact) mass is 202 g/mol. The Bertz CT molecular complexity index is 594. The second-order valence-electron chi connectivity index (χ2n) is 3.09. The second-order valence-corrected chi connectivity index (χ2v) is 3.09. The van der Waals surface area contributed by atoms with Crippen molar-refractivity contribution in [1.29, 1.82) is 5.26 Å². The summed E-state index contributed by atoms with van der Waals surface area (Å²) in [6, 6.07) is 3.34. The zero-order valence-electron chi connectivity index (χ0n) is 7.84. The first kappa shape index (κ1) is 9.15. The lowest BCUT2D eigenvalue weighted by Gasteiger charge is -1.94. The highest BCUT2D eigenvalue weighted by molar-refractivity contribution is 5.84. The minimum Gasteiger partial charge on any atom is -0.334 e. The highest BCUT2D eigenvalue weighted by Gasteiger charge is 2.12. The first-order chi connectivity index (χ1) is 7.13. The number of hydrogen-bond acceptors (Lipinski definition) is 4. The number of rotatable bonds is 1. The molecule has 6 heteroatoms. The Balaban J connectivity index is 2.81. The number of fused-ring (bicyclic) bond motifs is 1. The molecule has 0 N–H and O–H groups in total. The summed E-state index contributed by atoms with van der Waals surface area (Å²) in [5.74, 6) is 0. The summed E-state index contributed by atoms with van der Waals surface area (Å²) in [7, 11) is 1.74. The van der Waals surface area contributed by atoms with Crippen LogP contribution in [0.5, 0.6) is 0 Å². The second kappa shape index (κ2) is 3.06. The van der Waals surface area contributed by atoms with Crippen LogP contribution in [0.15, 0.2) is 18.5 Å². The Labute approximate surface area is 84.5 Å². The molecule has 6 nitrogen and oxygen atoms in total. The third-order valence-corrected chi connectivity index (χ3v) is 2.13. The number of hydrogen-bond donors (Lipinski definition) is 0. The van der Waals surface area contributed by atoms with E-state index in [-0.39, 0.29) is 5.69 Å². The van der Waals surface area contributed by atoms with E-state index in [1.165, 1.54) is 12.3 Å². The van der Waals surface area contributed by atoms with Crippen LogP contribution in [0.25, 0.3) is 11.0 Å². The molecule has 0 spiro atoms. The molecule has 0 unspecified atom stereocenters. The van der Waals surface area contributed by atoms with Gasteiger partial charge in [0.1, 0.15) is 17.9 Å². The average Bonchev–Trinajstić information content (AvgIpc) is 2.55. The van der Waals surface area contributed by atoms with Crippen molar-refractivity contribution < 1.29 is 4.92 Å². The summed E-state index contributed by atoms with van der Waals surface area (Å²) in [4.78, 5) is 13.9. The first-order valence-corrected chi connectivity index (χ1v) is 4.13. The number of nitrogens with zero attached hydrogens (tertiary/aromatic N) is 4. The quantitative estimate of drug-likeness (QED) is 0.516. The van der Waals surface area contributed by atoms with Crippen LogP contribution in [0.4, 0.5) is 5.69 Å². The molecular formula is C9H6N4O2. The summed E-state index contributed by atoms with van der Waals surface area (Å²) in [6.07, 6.45) is 2.78. The Morgan fingerprint density at radius 2 is 2.40 bits per heavy atom. The van der Waals surface area contributed by atoms with Gasteiger partial charge in [0.2, 0.25) is 0 Å². The lowest BCUT2D eigenvalue weighted by atomic mass is 10.2. The Hall–Kier alpha value is -2.42. The number of aryl methyl sites for hydroxylation is 1. The van der Waals surface area contributed by atoms with Crippen LogP contribution >= 0.6 is 0 Å². The number of nitriles is 1. The number of aromatic nitrogens is 2. The molecule has 2 aromatic heterocycles. The van der Waals surface area contributed by atoms with Crippen molar-refractivity contribution in [3.05, 3.63) is 34.1 Å². The van der Waals surface area contributed by atoms with Crippen LogP contribution in [-0.4, -0.2) is 14.5 Å². The molecule has 0 saturated heterocycles. The summed E-state index contributed by atoms with van der Waals surface area (Å²) >= 11 is 0. The predicted molar refractivity (Wildman–Crippen MR) is 52.1 cm³/mol. The van der Waals surface area contributed by atoms with Gasteiger partial charge < -0.3 is 4.57 Å². The van der Waals surface area contributed by atoms with Crippen molar-refractivity contribution in [3.8, 4) is 6.07 Å². The van der Waals surface area contributed by atoms with E-state index in [0.717, 1.165) is 0 Å². The van der Waals surface area contributed by atoms with Gasteiger partial charge in [-0.1, -0.05) is 0 Å². The minimum absolute atomic E-state index is 0.106. The normalized spacial score (nSPS) is 10.1. The molecule has 0 saturated carbocycles. The summed E-state index contributed by atoms with van der Waals surface area (Å²) < 4.78 is 1.66. The third kappa shape index (κ3) is 1.30. The first-order valence-electron chi connectivity index (χ1n) is 4.13. The van der Waals surface area contributed by atoms with E-state index in [1.54, 1.807) is 17.8 Å². The maximum absolute atomic E-state index is 10.5. The van der Waals surface area contributed by atoms with Gasteiger partial charge in [-0.05, 0) is 0 Å². The fraction of sp³-hybridized carbons (Fsp3) is 0.111. The molecular weight excluding hydrogens is 196 g/mol. The molecule has 0 aliphatic carbocycles. The van der Waals surface area contributed by atoms with Gasteiger partial charge in [-0.15, -0.1) is 0 Å². The topological polar surface area (TPSA) is 84.8 Å². The third-order valence-electron chi connectivity index (χ3n) is 2.13. The molecule has 0 aliphatic heterocycles. The number of pyridine rings is 1. The fourth-order valence-electron chi connectivity index (χ4n) is 1.44. The molecule has 2 rings (SSSR count). The molecule has 0 aliphatic rings. The zero-order valence-corrected chi connectivity index (χ0v) is 7.84.